The topological polar surface area (TPSA) is 68.8 Å². The molecule has 5 rings (SSSR count). The van der Waals surface area contributed by atoms with Gasteiger partial charge in [-0.1, -0.05) is 25.3 Å². The molecule has 3 heterocycles. The zero-order valence-electron chi connectivity index (χ0n) is 20.8. The van der Waals surface area contributed by atoms with Crippen LogP contribution in [0.1, 0.15) is 48.0 Å². The molecule has 2 aromatic rings. The first-order chi connectivity index (χ1) is 17.1. The molecular weight excluding hydrogens is 438 g/mol. The highest BCUT2D eigenvalue weighted by Crippen LogP contribution is 2.36. The minimum atomic E-state index is -0.0970. The summed E-state index contributed by atoms with van der Waals surface area (Å²) in [7, 11) is 1.77. The Morgan fingerprint density at radius 2 is 1.80 bits per heavy atom. The van der Waals surface area contributed by atoms with Gasteiger partial charge in [0.2, 0.25) is 5.91 Å². The van der Waals surface area contributed by atoms with Crippen LogP contribution in [-0.4, -0.2) is 79.5 Å². The second-order valence-electron chi connectivity index (χ2n) is 10.3. The molecular formula is C28H37N5O2. The summed E-state index contributed by atoms with van der Waals surface area (Å²) in [5.41, 5.74) is 4.18. The van der Waals surface area contributed by atoms with E-state index in [1.807, 2.05) is 24.3 Å². The van der Waals surface area contributed by atoms with E-state index < -0.39 is 0 Å². The highest BCUT2D eigenvalue weighted by Gasteiger charge is 2.25. The van der Waals surface area contributed by atoms with Gasteiger partial charge in [0, 0.05) is 81.9 Å². The fourth-order valence-corrected chi connectivity index (χ4v) is 5.77. The van der Waals surface area contributed by atoms with Crippen molar-refractivity contribution >= 4 is 17.5 Å². The Labute approximate surface area is 208 Å². The number of likely N-dealkylation sites (N-methyl/N-ethyl adjacent to an activating group) is 1. The molecule has 1 aromatic heterocycles. The van der Waals surface area contributed by atoms with Gasteiger partial charge in [-0.3, -0.25) is 19.5 Å². The van der Waals surface area contributed by atoms with Crippen LogP contribution in [0.15, 0.2) is 36.7 Å². The largest absolute Gasteiger partial charge is 0.351 e. The van der Waals surface area contributed by atoms with E-state index >= 15 is 0 Å². The Morgan fingerprint density at radius 3 is 2.60 bits per heavy atom. The Bertz CT molecular complexity index is 1060. The van der Waals surface area contributed by atoms with Crippen LogP contribution in [0.5, 0.6) is 0 Å². The lowest BCUT2D eigenvalue weighted by Crippen LogP contribution is -2.49. The molecule has 1 aromatic carbocycles. The third kappa shape index (κ3) is 5.57. The standard InChI is InChI=1S/C28H37N5O2/c1-31-26-17-23(7-8-24(26)25-19-29-10-9-22(25)18-27(31)34)28(35)30-11-12-32-13-15-33(16-14-32)20-21-5-3-2-4-6-21/h7-10,17,19,21H,2-6,11-16,18,20H2,1H3,(H,30,35). The van der Waals surface area contributed by atoms with Gasteiger partial charge >= 0.3 is 0 Å². The molecule has 1 saturated heterocycles. The molecule has 7 heteroatoms. The Morgan fingerprint density at radius 1 is 1.03 bits per heavy atom. The first-order valence-corrected chi connectivity index (χ1v) is 13.2. The number of carbonyl (C=O) groups excluding carboxylic acids is 2. The molecule has 3 aliphatic rings. The second-order valence-corrected chi connectivity index (χ2v) is 10.3. The minimum Gasteiger partial charge on any atom is -0.351 e. The number of aromatic nitrogens is 1. The molecule has 7 nitrogen and oxygen atoms in total. The lowest BCUT2D eigenvalue weighted by Gasteiger charge is -2.37. The van der Waals surface area contributed by atoms with Crippen LogP contribution in [-0.2, 0) is 11.2 Å². The third-order valence-corrected chi connectivity index (χ3v) is 7.96. The molecule has 1 aliphatic carbocycles. The van der Waals surface area contributed by atoms with Crippen LogP contribution in [0.25, 0.3) is 11.1 Å². The van der Waals surface area contributed by atoms with Crippen LogP contribution in [0.4, 0.5) is 5.69 Å². The van der Waals surface area contributed by atoms with E-state index in [0.29, 0.717) is 18.5 Å². The monoisotopic (exact) mass is 475 g/mol. The van der Waals surface area contributed by atoms with Gasteiger partial charge in [-0.15, -0.1) is 0 Å². The summed E-state index contributed by atoms with van der Waals surface area (Å²) < 4.78 is 0. The van der Waals surface area contributed by atoms with E-state index in [1.54, 1.807) is 24.3 Å². The normalized spacial score (nSPS) is 19.7. The molecule has 1 N–H and O–H groups in total. The molecule has 1 saturated carbocycles. The van der Waals surface area contributed by atoms with E-state index in [1.165, 1.54) is 38.6 Å². The molecule has 186 valence electrons. The molecule has 0 atom stereocenters. The highest BCUT2D eigenvalue weighted by molar-refractivity contribution is 6.04. The Balaban J connectivity index is 1.14. The van der Waals surface area contributed by atoms with Gasteiger partial charge in [0.1, 0.15) is 0 Å². The van der Waals surface area contributed by atoms with Crippen LogP contribution in [0, 0.1) is 5.92 Å². The minimum absolute atomic E-state index is 0.0105. The number of carbonyl (C=O) groups is 2. The molecule has 0 spiro atoms. The van der Waals surface area contributed by atoms with Crippen molar-refractivity contribution in [3.05, 3.63) is 47.8 Å². The highest BCUT2D eigenvalue weighted by atomic mass is 16.2. The predicted octanol–water partition coefficient (Wildman–Crippen LogP) is 3.20. The first kappa shape index (κ1) is 23.9. The van der Waals surface area contributed by atoms with Crippen molar-refractivity contribution in [2.24, 2.45) is 5.92 Å². The van der Waals surface area contributed by atoms with Crippen molar-refractivity contribution in [1.82, 2.24) is 20.1 Å². The Kier molecular flexibility index (Phi) is 7.44. The summed E-state index contributed by atoms with van der Waals surface area (Å²) in [6.07, 6.45) is 10.9. The number of piperazine rings is 1. The fraction of sp³-hybridized carbons (Fsp3) is 0.536. The number of amides is 2. The maximum Gasteiger partial charge on any atom is 0.251 e. The molecule has 35 heavy (non-hydrogen) atoms. The van der Waals surface area contributed by atoms with Gasteiger partial charge < -0.3 is 15.1 Å². The van der Waals surface area contributed by atoms with Gasteiger partial charge in [-0.05, 0) is 42.5 Å². The fourth-order valence-electron chi connectivity index (χ4n) is 5.77. The number of nitrogens with zero attached hydrogens (tertiary/aromatic N) is 4. The van der Waals surface area contributed by atoms with E-state index in [2.05, 4.69) is 20.1 Å². The summed E-state index contributed by atoms with van der Waals surface area (Å²) >= 11 is 0. The number of rotatable bonds is 6. The van der Waals surface area contributed by atoms with Crippen molar-refractivity contribution < 1.29 is 9.59 Å². The molecule has 0 bridgehead atoms. The van der Waals surface area contributed by atoms with Gasteiger partial charge in [0.25, 0.3) is 5.91 Å². The molecule has 2 aliphatic heterocycles. The number of fused-ring (bicyclic) bond motifs is 3. The van der Waals surface area contributed by atoms with Gasteiger partial charge in [0.05, 0.1) is 12.1 Å². The zero-order valence-corrected chi connectivity index (χ0v) is 20.8. The smallest absolute Gasteiger partial charge is 0.251 e. The summed E-state index contributed by atoms with van der Waals surface area (Å²) in [5, 5.41) is 3.08. The summed E-state index contributed by atoms with van der Waals surface area (Å²) in [6, 6.07) is 7.51. The van der Waals surface area contributed by atoms with E-state index in [-0.39, 0.29) is 11.8 Å². The number of anilines is 1. The van der Waals surface area contributed by atoms with Crippen molar-refractivity contribution in [2.45, 2.75) is 38.5 Å². The van der Waals surface area contributed by atoms with Crippen molar-refractivity contribution in [1.29, 1.82) is 0 Å². The van der Waals surface area contributed by atoms with E-state index in [4.69, 9.17) is 0 Å². The van der Waals surface area contributed by atoms with Crippen molar-refractivity contribution in [3.63, 3.8) is 0 Å². The lowest BCUT2D eigenvalue weighted by atomic mass is 9.89. The van der Waals surface area contributed by atoms with Crippen molar-refractivity contribution in [2.75, 3.05) is 57.8 Å². The average Bonchev–Trinajstić information content (AvgIpc) is 2.99. The van der Waals surface area contributed by atoms with E-state index in [9.17, 15) is 9.59 Å². The number of pyridine rings is 1. The van der Waals surface area contributed by atoms with Crippen LogP contribution < -0.4 is 10.2 Å². The number of hydrogen-bond donors (Lipinski definition) is 1. The summed E-state index contributed by atoms with van der Waals surface area (Å²) in [6.45, 7) is 7.16. The van der Waals surface area contributed by atoms with Crippen molar-refractivity contribution in [3.8, 4) is 11.1 Å². The zero-order chi connectivity index (χ0) is 24.2. The SMILES string of the molecule is CN1C(=O)Cc2ccncc2-c2ccc(C(=O)NCCN3CCN(CC4CCCCC4)CC3)cc21. The average molecular weight is 476 g/mol. The lowest BCUT2D eigenvalue weighted by molar-refractivity contribution is -0.117. The van der Waals surface area contributed by atoms with Crippen LogP contribution in [0.2, 0.25) is 0 Å². The summed E-state index contributed by atoms with van der Waals surface area (Å²) in [5.74, 6) is 0.811. The Hall–Kier alpha value is -2.77. The molecule has 0 radical (unpaired) electrons. The van der Waals surface area contributed by atoms with Gasteiger partial charge in [0.15, 0.2) is 0 Å². The van der Waals surface area contributed by atoms with Crippen LogP contribution >= 0.6 is 0 Å². The third-order valence-electron chi connectivity index (χ3n) is 7.96. The molecule has 2 amide bonds. The number of benzene rings is 1. The molecule has 2 fully saturated rings. The summed E-state index contributed by atoms with van der Waals surface area (Å²) in [4.78, 5) is 36.6. The van der Waals surface area contributed by atoms with E-state index in [0.717, 1.165) is 61.0 Å². The number of hydrogen-bond acceptors (Lipinski definition) is 5. The van der Waals surface area contributed by atoms with Gasteiger partial charge in [-0.25, -0.2) is 0 Å². The predicted molar refractivity (Wildman–Crippen MR) is 139 cm³/mol. The maximum atomic E-state index is 12.9. The molecule has 0 unspecified atom stereocenters. The first-order valence-electron chi connectivity index (χ1n) is 13.2. The second kappa shape index (κ2) is 10.9. The van der Waals surface area contributed by atoms with Crippen LogP contribution in [0.3, 0.4) is 0 Å². The maximum absolute atomic E-state index is 12.9. The van der Waals surface area contributed by atoms with Gasteiger partial charge in [-0.2, -0.15) is 0 Å². The number of nitrogens with one attached hydrogen (secondary N) is 1. The quantitative estimate of drug-likeness (QED) is 0.695.